The van der Waals surface area contributed by atoms with Gasteiger partial charge in [0.1, 0.15) is 30.0 Å². The van der Waals surface area contributed by atoms with Gasteiger partial charge in [0.25, 0.3) is 0 Å². The van der Waals surface area contributed by atoms with Gasteiger partial charge in [-0.25, -0.2) is 9.59 Å². The van der Waals surface area contributed by atoms with Gasteiger partial charge in [-0.2, -0.15) is 12.6 Å². The Labute approximate surface area is 305 Å². The number of amides is 3. The highest BCUT2D eigenvalue weighted by Gasteiger charge is 2.64. The first kappa shape index (κ1) is 40.2. The van der Waals surface area contributed by atoms with Crippen LogP contribution in [-0.2, 0) is 38.1 Å². The predicted octanol–water partition coefficient (Wildman–Crippen LogP) is 3.69. The monoisotopic (exact) mass is 741 g/mol. The summed E-state index contributed by atoms with van der Waals surface area (Å²) in [6.07, 6.45) is 2.57. The molecule has 0 aromatic carbocycles. The lowest BCUT2D eigenvalue weighted by Gasteiger charge is -2.42. The van der Waals surface area contributed by atoms with Gasteiger partial charge in [-0.3, -0.25) is 14.9 Å². The minimum Gasteiger partial charge on any atom is -0.457 e. The molecule has 10 atom stereocenters. The zero-order chi connectivity index (χ0) is 37.1. The zero-order valence-corrected chi connectivity index (χ0v) is 31.8. The van der Waals surface area contributed by atoms with Crippen molar-refractivity contribution in [1.29, 1.82) is 0 Å². The van der Waals surface area contributed by atoms with Crippen molar-refractivity contribution in [3.63, 3.8) is 0 Å². The van der Waals surface area contributed by atoms with Crippen LogP contribution < -0.4 is 5.32 Å². The highest BCUT2D eigenvalue weighted by atomic mass is 35.5. The van der Waals surface area contributed by atoms with Gasteiger partial charge >= 0.3 is 12.1 Å². The standard InChI is InChI=1S/C35H52ClN3O10S/c1-19-10-9-11-26(46-8)35(44)18-25(47-33(43)37-35)20(2)31-34(4,49-31)27(48-32(42)21(3)38(5)28(40)12-13-50)17-29(41)39(6)23-15-22(14-19)16-24(45-7)30(23)36/h9,11,15,19-21,24-27,31,44,50H,10,12-14,16-18H2,1-8H3,(H,37,43)/b11-9+/t19?,20-,21?,24?,25+,26-,27+,31+,34+,35+/m1/s1. The molecule has 2 N–H and O–H groups in total. The molecule has 280 valence electrons. The Balaban J connectivity index is 1.74. The molecule has 13 nitrogen and oxygen atoms in total. The molecule has 3 heterocycles. The van der Waals surface area contributed by atoms with Crippen LogP contribution in [0.25, 0.3) is 0 Å². The second-order valence-electron chi connectivity index (χ2n) is 14.1. The molecular formula is C35H52ClN3O10S. The fourth-order valence-corrected chi connectivity index (χ4v) is 7.56. The van der Waals surface area contributed by atoms with E-state index in [0.717, 1.165) is 5.57 Å². The first-order valence-corrected chi connectivity index (χ1v) is 18.0. The SMILES string of the molecule is COC1CC2=CC(=C1Cl)N(C)C(=O)C[C@H](OC(=O)C(C)N(C)C(=O)CCS)[C@]1(C)O[C@H]1[C@H](C)[C@@H]1C[C@@](O)(NC(=O)O1)[C@H](OC)/C=C/CC(C)C2. The number of epoxide rings is 1. The lowest BCUT2D eigenvalue weighted by Crippen LogP contribution is -2.63. The Morgan fingerprint density at radius 2 is 1.92 bits per heavy atom. The number of likely N-dealkylation sites (N-methyl/N-ethyl adjacent to an activating group) is 2. The quantitative estimate of drug-likeness (QED) is 0.152. The number of aliphatic hydroxyl groups is 1. The van der Waals surface area contributed by atoms with E-state index in [1.807, 2.05) is 19.1 Å². The van der Waals surface area contributed by atoms with Crippen molar-refractivity contribution in [2.24, 2.45) is 11.8 Å². The molecule has 1 aliphatic carbocycles. The Hall–Kier alpha value is -2.62. The van der Waals surface area contributed by atoms with E-state index in [0.29, 0.717) is 35.7 Å². The Morgan fingerprint density at radius 3 is 2.56 bits per heavy atom. The van der Waals surface area contributed by atoms with Crippen molar-refractivity contribution < 1.29 is 48.0 Å². The number of fused-ring (bicyclic) bond motifs is 4. The molecule has 0 spiro atoms. The number of methoxy groups -OCH3 is 2. The largest absolute Gasteiger partial charge is 0.457 e. The van der Waals surface area contributed by atoms with Crippen LogP contribution in [0.15, 0.2) is 34.5 Å². The van der Waals surface area contributed by atoms with E-state index in [-0.39, 0.29) is 31.1 Å². The number of halogens is 1. The van der Waals surface area contributed by atoms with Gasteiger partial charge in [-0.15, -0.1) is 0 Å². The molecule has 3 aliphatic heterocycles. The minimum absolute atomic E-state index is 0.0204. The van der Waals surface area contributed by atoms with Crippen LogP contribution in [0.3, 0.4) is 0 Å². The van der Waals surface area contributed by atoms with Crippen LogP contribution >= 0.6 is 24.2 Å². The molecule has 4 bridgehead atoms. The summed E-state index contributed by atoms with van der Waals surface area (Å²) in [5.74, 6) is -1.42. The molecule has 4 rings (SSSR count). The Bertz CT molecular complexity index is 1410. The summed E-state index contributed by atoms with van der Waals surface area (Å²) < 4.78 is 29.3. The highest BCUT2D eigenvalue weighted by molar-refractivity contribution is 7.80. The summed E-state index contributed by atoms with van der Waals surface area (Å²) in [5, 5.41) is 14.6. The van der Waals surface area contributed by atoms with Gasteiger partial charge in [-0.1, -0.05) is 43.2 Å². The number of alkyl carbamates (subject to hydrolysis) is 1. The van der Waals surface area contributed by atoms with E-state index in [1.54, 1.807) is 34.1 Å². The number of thiol groups is 1. The average Bonchev–Trinajstić information content (AvgIpc) is 3.76. The maximum absolute atomic E-state index is 14.1. The number of esters is 1. The third kappa shape index (κ3) is 8.70. The summed E-state index contributed by atoms with van der Waals surface area (Å²) in [6, 6.07) is -0.963. The molecular weight excluding hydrogens is 690 g/mol. The lowest BCUT2D eigenvalue weighted by molar-refractivity contribution is -0.162. The van der Waals surface area contributed by atoms with Crippen LogP contribution in [0.5, 0.6) is 0 Å². The van der Waals surface area contributed by atoms with E-state index >= 15 is 0 Å². The summed E-state index contributed by atoms with van der Waals surface area (Å²) in [7, 11) is 6.15. The van der Waals surface area contributed by atoms with Crippen molar-refractivity contribution >= 4 is 48.1 Å². The number of ether oxygens (including phenoxy) is 5. The van der Waals surface area contributed by atoms with E-state index in [2.05, 4.69) is 24.9 Å². The zero-order valence-electron chi connectivity index (χ0n) is 30.1. The summed E-state index contributed by atoms with van der Waals surface area (Å²) >= 11 is 10.9. The molecule has 3 unspecified atom stereocenters. The van der Waals surface area contributed by atoms with Crippen LogP contribution in [0.2, 0.25) is 0 Å². The van der Waals surface area contributed by atoms with E-state index in [9.17, 15) is 24.3 Å². The number of carbonyl (C=O) groups excluding carboxylic acids is 4. The summed E-state index contributed by atoms with van der Waals surface area (Å²) in [4.78, 5) is 55.7. The number of hydrogen-bond acceptors (Lipinski definition) is 11. The smallest absolute Gasteiger partial charge is 0.409 e. The predicted molar refractivity (Wildman–Crippen MR) is 188 cm³/mol. The van der Waals surface area contributed by atoms with Crippen LogP contribution in [0.4, 0.5) is 4.79 Å². The maximum atomic E-state index is 14.1. The van der Waals surface area contributed by atoms with Gasteiger partial charge < -0.3 is 38.6 Å². The number of allylic oxidation sites excluding steroid dienone is 2. The fourth-order valence-electron chi connectivity index (χ4n) is 7.02. The normalized spacial score (nSPS) is 36.3. The molecule has 15 heteroatoms. The van der Waals surface area contributed by atoms with Crippen LogP contribution in [-0.4, -0.2) is 121 Å². The number of nitrogens with zero attached hydrogens (tertiary/aromatic N) is 2. The van der Waals surface area contributed by atoms with Crippen molar-refractivity contribution in [1.82, 2.24) is 15.1 Å². The second kappa shape index (κ2) is 16.4. The van der Waals surface area contributed by atoms with Crippen molar-refractivity contribution in [3.8, 4) is 0 Å². The second-order valence-corrected chi connectivity index (χ2v) is 15.0. The average molecular weight is 742 g/mol. The third-order valence-corrected chi connectivity index (χ3v) is 11.1. The molecule has 2 saturated heterocycles. The van der Waals surface area contributed by atoms with Gasteiger partial charge in [0.2, 0.25) is 11.8 Å². The topological polar surface area (TPSA) is 156 Å². The molecule has 4 aliphatic rings. The molecule has 3 amide bonds. The first-order valence-electron chi connectivity index (χ1n) is 17.0. The number of carbonyl (C=O) groups is 4. The van der Waals surface area contributed by atoms with Gasteiger partial charge in [0.15, 0.2) is 5.72 Å². The first-order chi connectivity index (χ1) is 23.5. The van der Waals surface area contributed by atoms with Crippen LogP contribution in [0.1, 0.15) is 66.2 Å². The maximum Gasteiger partial charge on any atom is 0.409 e. The van der Waals surface area contributed by atoms with Crippen molar-refractivity contribution in [2.45, 2.75) is 114 Å². The summed E-state index contributed by atoms with van der Waals surface area (Å²) in [6.45, 7) is 7.17. The Kier molecular flexibility index (Phi) is 13.1. The minimum atomic E-state index is -1.78. The molecule has 0 saturated carbocycles. The van der Waals surface area contributed by atoms with E-state index in [4.69, 9.17) is 35.3 Å². The van der Waals surface area contributed by atoms with Gasteiger partial charge in [-0.05, 0) is 44.4 Å². The molecule has 2 fully saturated rings. The van der Waals surface area contributed by atoms with Gasteiger partial charge in [0, 0.05) is 53.5 Å². The molecule has 0 radical (unpaired) electrons. The molecule has 0 aromatic heterocycles. The fraction of sp³-hybridized carbons (Fsp3) is 0.714. The summed E-state index contributed by atoms with van der Waals surface area (Å²) in [5.41, 5.74) is -1.45. The molecule has 0 aromatic rings. The van der Waals surface area contributed by atoms with E-state index < -0.39 is 71.8 Å². The van der Waals surface area contributed by atoms with Crippen molar-refractivity contribution in [3.05, 3.63) is 34.5 Å². The van der Waals surface area contributed by atoms with Gasteiger partial charge in [0.05, 0.1) is 29.4 Å². The van der Waals surface area contributed by atoms with Crippen LogP contribution in [0, 0.1) is 11.8 Å². The third-order valence-electron chi connectivity index (χ3n) is 10.5. The Morgan fingerprint density at radius 1 is 1.22 bits per heavy atom. The highest BCUT2D eigenvalue weighted by Crippen LogP contribution is 2.49. The molecule has 50 heavy (non-hydrogen) atoms. The van der Waals surface area contributed by atoms with E-state index in [1.165, 1.54) is 24.0 Å². The number of nitrogens with one attached hydrogen (secondary N) is 1. The number of rotatable bonds is 7. The lowest BCUT2D eigenvalue weighted by atomic mass is 9.83. The van der Waals surface area contributed by atoms with Crippen molar-refractivity contribution in [2.75, 3.05) is 34.1 Å². The number of hydrogen-bond donors (Lipinski definition) is 3.